The molecule has 1 nitrogen and oxygen atoms in total. The molecule has 2 rings (SSSR count). The maximum atomic E-state index is 3.47. The Kier molecular flexibility index (Phi) is 4.07. The van der Waals surface area contributed by atoms with Gasteiger partial charge in [0.05, 0.1) is 0 Å². The van der Waals surface area contributed by atoms with Crippen LogP contribution in [0.4, 0.5) is 0 Å². The van der Waals surface area contributed by atoms with E-state index in [0.29, 0.717) is 0 Å². The monoisotopic (exact) mass is 209 g/mol. The molecule has 2 aliphatic carbocycles. The Balaban J connectivity index is 1.83. The summed E-state index contributed by atoms with van der Waals surface area (Å²) < 4.78 is 0. The van der Waals surface area contributed by atoms with Gasteiger partial charge in [-0.25, -0.2) is 0 Å². The first-order chi connectivity index (χ1) is 7.33. The maximum absolute atomic E-state index is 3.47. The number of hydrogen-bond donors (Lipinski definition) is 1. The largest absolute Gasteiger partial charge is 0.317 e. The van der Waals surface area contributed by atoms with Crippen LogP contribution in [0.2, 0.25) is 0 Å². The van der Waals surface area contributed by atoms with Gasteiger partial charge in [0.25, 0.3) is 0 Å². The van der Waals surface area contributed by atoms with Crippen molar-refractivity contribution in [2.45, 2.75) is 64.3 Å². The Bertz CT molecular complexity index is 190. The molecule has 15 heavy (non-hydrogen) atoms. The lowest BCUT2D eigenvalue weighted by Gasteiger charge is -2.42. The van der Waals surface area contributed by atoms with Crippen LogP contribution in [0.15, 0.2) is 0 Å². The molecule has 4 unspecified atom stereocenters. The lowest BCUT2D eigenvalue weighted by molar-refractivity contribution is 0.108. The second-order valence-corrected chi connectivity index (χ2v) is 5.79. The zero-order chi connectivity index (χ0) is 10.7. The predicted octanol–water partition coefficient (Wildman–Crippen LogP) is 3.59. The Hall–Kier alpha value is -0.0400. The van der Waals surface area contributed by atoms with Crippen LogP contribution in [0, 0.1) is 17.8 Å². The fourth-order valence-electron chi connectivity index (χ4n) is 3.92. The van der Waals surface area contributed by atoms with Crippen LogP contribution in [-0.4, -0.2) is 13.1 Å². The van der Waals surface area contributed by atoms with Crippen molar-refractivity contribution in [3.8, 4) is 0 Å². The van der Waals surface area contributed by atoms with Gasteiger partial charge >= 0.3 is 0 Å². The highest BCUT2D eigenvalue weighted by atomic mass is 14.9. The van der Waals surface area contributed by atoms with Crippen LogP contribution in [-0.2, 0) is 0 Å². The van der Waals surface area contributed by atoms with Gasteiger partial charge in [-0.05, 0) is 56.9 Å². The minimum Gasteiger partial charge on any atom is -0.317 e. The van der Waals surface area contributed by atoms with Crippen LogP contribution in [0.25, 0.3) is 0 Å². The molecular formula is C14H27N. The van der Waals surface area contributed by atoms with Gasteiger partial charge in [0.15, 0.2) is 0 Å². The lowest BCUT2D eigenvalue weighted by Crippen LogP contribution is -2.38. The van der Waals surface area contributed by atoms with E-state index in [-0.39, 0.29) is 0 Å². The predicted molar refractivity (Wildman–Crippen MR) is 65.9 cm³/mol. The summed E-state index contributed by atoms with van der Waals surface area (Å²) in [6.45, 7) is 2.34. The normalized spacial score (nSPS) is 41.2. The number of rotatable bonds is 3. The molecule has 2 fully saturated rings. The Morgan fingerprint density at radius 3 is 2.47 bits per heavy atom. The first-order valence-corrected chi connectivity index (χ1v) is 7.00. The average molecular weight is 209 g/mol. The van der Waals surface area contributed by atoms with E-state index in [1.54, 1.807) is 6.42 Å². The molecule has 0 bridgehead atoms. The van der Waals surface area contributed by atoms with Gasteiger partial charge in [-0.3, -0.25) is 0 Å². The second-order valence-electron chi connectivity index (χ2n) is 5.79. The van der Waals surface area contributed by atoms with E-state index in [2.05, 4.69) is 19.3 Å². The summed E-state index contributed by atoms with van der Waals surface area (Å²) in [6.07, 6.45) is 11.8. The van der Waals surface area contributed by atoms with Crippen molar-refractivity contribution in [1.82, 2.24) is 5.32 Å². The van der Waals surface area contributed by atoms with Crippen LogP contribution in [0.5, 0.6) is 0 Å². The number of hydrogen-bond acceptors (Lipinski definition) is 1. The summed E-state index contributed by atoms with van der Waals surface area (Å²) in [7, 11) is 2.13. The van der Waals surface area contributed by atoms with Crippen molar-refractivity contribution < 1.29 is 0 Å². The van der Waals surface area contributed by atoms with Crippen LogP contribution < -0.4 is 5.32 Å². The molecule has 1 N–H and O–H groups in total. The minimum atomic E-state index is 0.828. The lowest BCUT2D eigenvalue weighted by atomic mass is 9.65. The van der Waals surface area contributed by atoms with Crippen molar-refractivity contribution in [2.75, 3.05) is 7.05 Å². The van der Waals surface area contributed by atoms with Gasteiger partial charge < -0.3 is 5.32 Å². The van der Waals surface area contributed by atoms with Gasteiger partial charge in [-0.15, -0.1) is 0 Å². The van der Waals surface area contributed by atoms with Gasteiger partial charge in [-0.1, -0.05) is 26.2 Å². The number of nitrogens with one attached hydrogen (secondary N) is 1. The van der Waals surface area contributed by atoms with E-state index in [1.807, 2.05) is 0 Å². The zero-order valence-electron chi connectivity index (χ0n) is 10.5. The van der Waals surface area contributed by atoms with E-state index in [9.17, 15) is 0 Å². The van der Waals surface area contributed by atoms with Crippen LogP contribution in [0.1, 0.15) is 58.3 Å². The third kappa shape index (κ3) is 2.75. The maximum Gasteiger partial charge on any atom is 0.00669 e. The third-order valence-electron chi connectivity index (χ3n) is 4.83. The molecule has 0 aliphatic heterocycles. The number of fused-ring (bicyclic) bond motifs is 1. The first-order valence-electron chi connectivity index (χ1n) is 7.00. The van der Waals surface area contributed by atoms with Crippen molar-refractivity contribution in [1.29, 1.82) is 0 Å². The third-order valence-corrected chi connectivity index (χ3v) is 4.83. The van der Waals surface area contributed by atoms with Crippen molar-refractivity contribution >= 4 is 0 Å². The first kappa shape index (κ1) is 11.4. The van der Waals surface area contributed by atoms with Gasteiger partial charge in [-0.2, -0.15) is 0 Å². The van der Waals surface area contributed by atoms with E-state index in [4.69, 9.17) is 0 Å². The second kappa shape index (κ2) is 5.34. The molecule has 88 valence electrons. The smallest absolute Gasteiger partial charge is 0.00669 e. The molecule has 0 aromatic rings. The van der Waals surface area contributed by atoms with Crippen LogP contribution in [0.3, 0.4) is 0 Å². The minimum absolute atomic E-state index is 0.828. The standard InChI is InChI=1S/C14H27N/c1-3-4-11-5-6-13-10-14(15-2)8-7-12(13)9-11/h11-15H,3-10H2,1-2H3. The molecule has 0 saturated heterocycles. The van der Waals surface area contributed by atoms with E-state index < -0.39 is 0 Å². The zero-order valence-corrected chi connectivity index (χ0v) is 10.5. The molecule has 0 radical (unpaired) electrons. The topological polar surface area (TPSA) is 12.0 Å². The van der Waals surface area contributed by atoms with E-state index in [1.165, 1.54) is 44.9 Å². The molecule has 2 aliphatic rings. The molecule has 2 saturated carbocycles. The van der Waals surface area contributed by atoms with Crippen molar-refractivity contribution in [3.63, 3.8) is 0 Å². The molecule has 4 atom stereocenters. The average Bonchev–Trinajstić information content (AvgIpc) is 2.29. The highest BCUT2D eigenvalue weighted by Crippen LogP contribution is 2.43. The van der Waals surface area contributed by atoms with E-state index >= 15 is 0 Å². The fourth-order valence-corrected chi connectivity index (χ4v) is 3.92. The van der Waals surface area contributed by atoms with Crippen molar-refractivity contribution in [2.24, 2.45) is 17.8 Å². The van der Waals surface area contributed by atoms with Crippen molar-refractivity contribution in [3.05, 3.63) is 0 Å². The summed E-state index contributed by atoms with van der Waals surface area (Å²) in [4.78, 5) is 0. The Labute approximate surface area is 95.0 Å². The quantitative estimate of drug-likeness (QED) is 0.749. The summed E-state index contributed by atoms with van der Waals surface area (Å²) >= 11 is 0. The van der Waals surface area contributed by atoms with E-state index in [0.717, 1.165) is 23.8 Å². The summed E-state index contributed by atoms with van der Waals surface area (Å²) in [5.41, 5.74) is 0. The Morgan fingerprint density at radius 1 is 1.00 bits per heavy atom. The summed E-state index contributed by atoms with van der Waals surface area (Å²) in [6, 6.07) is 0.828. The summed E-state index contributed by atoms with van der Waals surface area (Å²) in [5, 5.41) is 3.47. The summed E-state index contributed by atoms with van der Waals surface area (Å²) in [5.74, 6) is 3.21. The molecule has 0 aromatic heterocycles. The molecule has 1 heteroatoms. The molecular weight excluding hydrogens is 182 g/mol. The highest BCUT2D eigenvalue weighted by Gasteiger charge is 2.34. The fraction of sp³-hybridized carbons (Fsp3) is 1.00. The van der Waals surface area contributed by atoms with Crippen LogP contribution >= 0.6 is 0 Å². The van der Waals surface area contributed by atoms with Gasteiger partial charge in [0, 0.05) is 6.04 Å². The molecule has 0 aromatic carbocycles. The van der Waals surface area contributed by atoms with Gasteiger partial charge in [0.1, 0.15) is 0 Å². The molecule has 0 amide bonds. The Morgan fingerprint density at radius 2 is 1.73 bits per heavy atom. The molecule has 0 spiro atoms. The highest BCUT2D eigenvalue weighted by molar-refractivity contribution is 4.87. The SMILES string of the molecule is CCCC1CCC2CC(NC)CCC2C1. The van der Waals surface area contributed by atoms with Gasteiger partial charge in [0.2, 0.25) is 0 Å². The molecule has 0 heterocycles.